The third-order valence-corrected chi connectivity index (χ3v) is 9.03. The predicted molar refractivity (Wildman–Crippen MR) is 120 cm³/mol. The second kappa shape index (κ2) is 8.50. The van der Waals surface area contributed by atoms with Crippen LogP contribution in [0.4, 0.5) is 18.9 Å². The molecule has 4 nitrogen and oxygen atoms in total. The van der Waals surface area contributed by atoms with Crippen molar-refractivity contribution in [3.05, 3.63) is 52.2 Å². The quantitative estimate of drug-likeness (QED) is 0.629. The van der Waals surface area contributed by atoms with Crippen molar-refractivity contribution in [3.8, 4) is 0 Å². The summed E-state index contributed by atoms with van der Waals surface area (Å²) in [6.45, 7) is 1.34. The molecule has 0 bridgehead atoms. The van der Waals surface area contributed by atoms with Crippen molar-refractivity contribution in [3.63, 3.8) is 0 Å². The molecule has 4 rings (SSSR count). The summed E-state index contributed by atoms with van der Waals surface area (Å²) in [6.07, 6.45) is -3.24. The van der Waals surface area contributed by atoms with Gasteiger partial charge in [0.1, 0.15) is 0 Å². The smallest absolute Gasteiger partial charge is 0.367 e. The number of piperazine rings is 1. The van der Waals surface area contributed by atoms with E-state index in [1.54, 1.807) is 17.4 Å². The van der Waals surface area contributed by atoms with Gasteiger partial charge in [-0.05, 0) is 57.9 Å². The van der Waals surface area contributed by atoms with Gasteiger partial charge in [0.05, 0.1) is 11.6 Å². The molecule has 0 aliphatic carbocycles. The van der Waals surface area contributed by atoms with Crippen LogP contribution in [-0.2, 0) is 20.5 Å². The summed E-state index contributed by atoms with van der Waals surface area (Å²) >= 11 is 1.55. The summed E-state index contributed by atoms with van der Waals surface area (Å²) < 4.78 is 51.7. The number of thiophene rings is 1. The number of halogens is 3. The average Bonchev–Trinajstić information content (AvgIpc) is 3.27. The lowest BCUT2D eigenvalue weighted by atomic mass is 9.98. The van der Waals surface area contributed by atoms with Gasteiger partial charge >= 0.3 is 6.18 Å². The molecule has 2 fully saturated rings. The van der Waals surface area contributed by atoms with Crippen molar-refractivity contribution >= 4 is 38.3 Å². The first kappa shape index (κ1) is 22.2. The highest BCUT2D eigenvalue weighted by molar-refractivity contribution is 8.00. The molecule has 9 heteroatoms. The predicted octanol–water partition coefficient (Wildman–Crippen LogP) is 4.28. The standard InChI is InChI=1S/C22H25F3N2O2S2/c1-31(29)12-7-16(8-13-31)21(28)27-10-9-26(15-19(27)20-6-3-11-30-20)18-5-2-4-17(14-18)22(23,24)25/h2-6,11,14,16,19H,1,7-10,12-13,15H2. The number of anilines is 1. The first-order valence-corrected chi connectivity index (χ1v) is 13.2. The van der Waals surface area contributed by atoms with E-state index in [2.05, 4.69) is 5.87 Å². The van der Waals surface area contributed by atoms with Crippen molar-refractivity contribution in [1.82, 2.24) is 4.90 Å². The summed E-state index contributed by atoms with van der Waals surface area (Å²) in [4.78, 5) is 18.2. The number of alkyl halides is 3. The van der Waals surface area contributed by atoms with Gasteiger partial charge in [-0.25, -0.2) is 0 Å². The first-order chi connectivity index (χ1) is 14.6. The van der Waals surface area contributed by atoms with E-state index >= 15 is 0 Å². The van der Waals surface area contributed by atoms with Crippen LogP contribution in [0.3, 0.4) is 0 Å². The Balaban J connectivity index is 1.56. The maximum Gasteiger partial charge on any atom is 0.416 e. The Hall–Kier alpha value is -2.00. The van der Waals surface area contributed by atoms with Gasteiger partial charge in [-0.3, -0.25) is 9.00 Å². The number of rotatable bonds is 3. The van der Waals surface area contributed by atoms with E-state index in [0.717, 1.165) is 10.9 Å². The monoisotopic (exact) mass is 470 g/mol. The SMILES string of the molecule is C=S1(=O)CCC(C(=O)N2CCN(c3cccc(C(F)(F)F)c3)CC2c2cccs2)CC1. The molecule has 3 heterocycles. The van der Waals surface area contributed by atoms with Crippen LogP contribution in [0, 0.1) is 5.92 Å². The van der Waals surface area contributed by atoms with Gasteiger partial charge < -0.3 is 9.80 Å². The van der Waals surface area contributed by atoms with Crippen molar-refractivity contribution in [2.24, 2.45) is 5.92 Å². The van der Waals surface area contributed by atoms with Crippen molar-refractivity contribution in [1.29, 1.82) is 0 Å². The Morgan fingerprint density at radius 2 is 1.87 bits per heavy atom. The van der Waals surface area contributed by atoms with Crippen LogP contribution in [0.15, 0.2) is 41.8 Å². The third-order valence-electron chi connectivity index (χ3n) is 6.10. The number of carbonyl (C=O) groups excluding carboxylic acids is 1. The summed E-state index contributed by atoms with van der Waals surface area (Å²) in [6, 6.07) is 9.03. The minimum absolute atomic E-state index is 0.0528. The lowest BCUT2D eigenvalue weighted by molar-refractivity contribution is -0.139. The Kier molecular flexibility index (Phi) is 6.09. The van der Waals surface area contributed by atoms with Gasteiger partial charge in [0, 0.05) is 47.6 Å². The second-order valence-corrected chi connectivity index (χ2v) is 11.9. The molecule has 168 valence electrons. The van der Waals surface area contributed by atoms with Crippen molar-refractivity contribution in [2.45, 2.75) is 25.1 Å². The summed E-state index contributed by atoms with van der Waals surface area (Å²) in [5, 5.41) is 1.94. The molecule has 1 atom stereocenters. The van der Waals surface area contributed by atoms with Crippen LogP contribution in [0.2, 0.25) is 0 Å². The van der Waals surface area contributed by atoms with Crippen LogP contribution in [0.1, 0.15) is 29.3 Å². The van der Waals surface area contributed by atoms with Gasteiger partial charge in [-0.1, -0.05) is 12.1 Å². The minimum Gasteiger partial charge on any atom is -0.367 e. The van der Waals surface area contributed by atoms with Crippen LogP contribution in [-0.4, -0.2) is 52.0 Å². The molecule has 0 spiro atoms. The highest BCUT2D eigenvalue weighted by Crippen LogP contribution is 2.36. The van der Waals surface area contributed by atoms with Gasteiger partial charge in [-0.15, -0.1) is 11.3 Å². The molecule has 2 saturated heterocycles. The maximum atomic E-state index is 13.3. The normalized spacial score (nSPS) is 27.3. The lowest BCUT2D eigenvalue weighted by Gasteiger charge is -2.44. The van der Waals surface area contributed by atoms with E-state index < -0.39 is 21.3 Å². The van der Waals surface area contributed by atoms with Crippen LogP contribution >= 0.6 is 11.3 Å². The molecule has 2 aliphatic heterocycles. The summed E-state index contributed by atoms with van der Waals surface area (Å²) in [5.74, 6) is 4.60. The zero-order valence-corrected chi connectivity index (χ0v) is 18.6. The van der Waals surface area contributed by atoms with Crippen molar-refractivity contribution in [2.75, 3.05) is 36.0 Å². The fourth-order valence-corrected chi connectivity index (χ4v) is 6.79. The molecular formula is C22H25F3N2O2S2. The average molecular weight is 471 g/mol. The second-order valence-electron chi connectivity index (χ2n) is 8.21. The highest BCUT2D eigenvalue weighted by Gasteiger charge is 2.37. The number of hydrogen-bond acceptors (Lipinski definition) is 4. The van der Waals surface area contributed by atoms with Gasteiger partial charge in [0.15, 0.2) is 0 Å². The first-order valence-electron chi connectivity index (χ1n) is 10.2. The fourth-order valence-electron chi connectivity index (χ4n) is 4.33. The molecule has 31 heavy (non-hydrogen) atoms. The van der Waals surface area contributed by atoms with E-state index in [9.17, 15) is 22.2 Å². The Labute approximate surface area is 184 Å². The third kappa shape index (κ3) is 4.92. The Morgan fingerprint density at radius 1 is 1.13 bits per heavy atom. The van der Waals surface area contributed by atoms with E-state index in [4.69, 9.17) is 0 Å². The number of hydrogen-bond donors (Lipinski definition) is 0. The lowest BCUT2D eigenvalue weighted by Crippen LogP contribution is -2.52. The number of benzene rings is 1. The van der Waals surface area contributed by atoms with Crippen LogP contribution < -0.4 is 4.90 Å². The van der Waals surface area contributed by atoms with Gasteiger partial charge in [0.25, 0.3) is 0 Å². The molecule has 0 saturated carbocycles. The Morgan fingerprint density at radius 3 is 2.52 bits per heavy atom. The van der Waals surface area contributed by atoms with E-state index in [1.165, 1.54) is 12.1 Å². The molecule has 1 aromatic heterocycles. The highest BCUT2D eigenvalue weighted by atomic mass is 32.2. The number of nitrogens with zero attached hydrogens (tertiary/aromatic N) is 2. The summed E-state index contributed by atoms with van der Waals surface area (Å²) in [5.41, 5.74) is -0.159. The largest absolute Gasteiger partial charge is 0.416 e. The molecule has 2 aromatic rings. The Bertz CT molecular complexity index is 1020. The topological polar surface area (TPSA) is 40.6 Å². The number of carbonyl (C=O) groups is 1. The molecule has 1 amide bonds. The van der Waals surface area contributed by atoms with Gasteiger partial charge in [-0.2, -0.15) is 13.2 Å². The number of amides is 1. The minimum atomic E-state index is -4.39. The molecule has 1 unspecified atom stereocenters. The van der Waals surface area contributed by atoms with Crippen LogP contribution in [0.5, 0.6) is 0 Å². The maximum absolute atomic E-state index is 13.3. The van der Waals surface area contributed by atoms with E-state index in [1.807, 2.05) is 27.3 Å². The molecule has 1 aromatic carbocycles. The van der Waals surface area contributed by atoms with Gasteiger partial charge in [0.2, 0.25) is 5.91 Å². The molecule has 0 radical (unpaired) electrons. The van der Waals surface area contributed by atoms with E-state index in [0.29, 0.717) is 49.7 Å². The molecular weight excluding hydrogens is 445 g/mol. The van der Waals surface area contributed by atoms with E-state index in [-0.39, 0.29) is 17.9 Å². The molecule has 2 aliphatic rings. The zero-order chi connectivity index (χ0) is 22.2. The summed E-state index contributed by atoms with van der Waals surface area (Å²) in [7, 11) is -2.07. The van der Waals surface area contributed by atoms with Crippen molar-refractivity contribution < 1.29 is 22.2 Å². The zero-order valence-electron chi connectivity index (χ0n) is 17.0. The van der Waals surface area contributed by atoms with Crippen LogP contribution in [0.25, 0.3) is 0 Å². The molecule has 0 N–H and O–H groups in total. The fraction of sp³-hybridized carbons (Fsp3) is 0.455.